The average Bonchev–Trinajstić information content (AvgIpc) is 3.51. The van der Waals surface area contributed by atoms with E-state index in [-0.39, 0.29) is 40.9 Å². The van der Waals surface area contributed by atoms with Gasteiger partial charge in [0.15, 0.2) is 0 Å². The lowest BCUT2D eigenvalue weighted by Gasteiger charge is -2.43. The molecule has 1 heterocycles. The van der Waals surface area contributed by atoms with Crippen LogP contribution in [0.4, 0.5) is 74.6 Å². The molecule has 1 fully saturated rings. The summed E-state index contributed by atoms with van der Waals surface area (Å²) < 4.78 is 271. The molecule has 0 unspecified atom stereocenters. The predicted molar refractivity (Wildman–Crippen MR) is 150 cm³/mol. The number of rotatable bonds is 13. The number of alkyl halides is 17. The van der Waals surface area contributed by atoms with Gasteiger partial charge in [-0.3, -0.25) is 0 Å². The monoisotopic (exact) mass is 820 g/mol. The van der Waals surface area contributed by atoms with Crippen molar-refractivity contribution in [2.75, 3.05) is 11.5 Å². The molecule has 292 valence electrons. The Labute approximate surface area is 283 Å². The van der Waals surface area contributed by atoms with E-state index in [0.29, 0.717) is 5.56 Å². The molecule has 0 bridgehead atoms. The number of hydrogen-bond donors (Lipinski definition) is 0. The summed E-state index contributed by atoms with van der Waals surface area (Å²) in [4.78, 5) is -0.312. The molecule has 52 heavy (non-hydrogen) atoms. The molecule has 23 heteroatoms. The highest BCUT2D eigenvalue weighted by molar-refractivity contribution is 8.33. The van der Waals surface area contributed by atoms with E-state index < -0.39 is 78.9 Å². The van der Waals surface area contributed by atoms with E-state index in [1.54, 1.807) is 30.3 Å². The minimum Gasteiger partial charge on any atom is -0.488 e. The van der Waals surface area contributed by atoms with Crippen LogP contribution in [0.15, 0.2) is 71.6 Å². The number of benzene rings is 3. The zero-order valence-electron chi connectivity index (χ0n) is 25.3. The smallest absolute Gasteiger partial charge is 0.460 e. The number of halogens is 17. The van der Waals surface area contributed by atoms with E-state index in [1.165, 1.54) is 30.3 Å². The first-order valence-corrected chi connectivity index (χ1v) is 17.4. The van der Waals surface area contributed by atoms with Crippen molar-refractivity contribution >= 4 is 31.2 Å². The Balaban J connectivity index is 1.77. The Kier molecular flexibility index (Phi) is 10.4. The second-order valence-corrected chi connectivity index (χ2v) is 16.1. The Bertz CT molecular complexity index is 1880. The highest BCUT2D eigenvalue weighted by Gasteiger charge is 2.96. The van der Waals surface area contributed by atoms with Gasteiger partial charge in [0.05, 0.1) is 0 Å². The van der Waals surface area contributed by atoms with Crippen molar-refractivity contribution in [3.63, 3.8) is 0 Å². The van der Waals surface area contributed by atoms with Gasteiger partial charge in [0.2, 0.25) is 0 Å². The third kappa shape index (κ3) is 6.10. The molecule has 0 saturated carbocycles. The number of hydrogen-bond acceptors (Lipinski definition) is 4. The second kappa shape index (κ2) is 13.0. The Morgan fingerprint density at radius 2 is 0.981 bits per heavy atom. The lowest BCUT2D eigenvalue weighted by atomic mass is 9.91. The van der Waals surface area contributed by atoms with Crippen LogP contribution in [0.2, 0.25) is 0 Å². The van der Waals surface area contributed by atoms with Crippen molar-refractivity contribution in [2.24, 2.45) is 0 Å². The normalized spacial score (nSPS) is 17.7. The SMILES string of the molecule is O=S(=O)(OS1(c2ccc(OCc3ccccc3)c3ccccc23)CCCC1)C(F)(F)C(F)(F)C(F)(F)C(F)(F)C(F)(F)C(F)(F)C(F)(F)C(F)(F)F. The van der Waals surface area contributed by atoms with Gasteiger partial charge in [0, 0.05) is 21.8 Å². The van der Waals surface area contributed by atoms with E-state index in [2.05, 4.69) is 3.63 Å². The fourth-order valence-electron chi connectivity index (χ4n) is 5.05. The summed E-state index contributed by atoms with van der Waals surface area (Å²) in [5.41, 5.74) is 0.657. The van der Waals surface area contributed by atoms with Crippen LogP contribution in [-0.2, 0) is 20.4 Å². The van der Waals surface area contributed by atoms with Crippen LogP contribution in [0.5, 0.6) is 5.75 Å². The Morgan fingerprint density at radius 3 is 1.48 bits per heavy atom. The van der Waals surface area contributed by atoms with Gasteiger partial charge in [-0.1, -0.05) is 64.9 Å². The van der Waals surface area contributed by atoms with Gasteiger partial charge in [0.1, 0.15) is 12.4 Å². The molecule has 0 aliphatic carbocycles. The van der Waals surface area contributed by atoms with Gasteiger partial charge < -0.3 is 4.74 Å². The predicted octanol–water partition coefficient (Wildman–Crippen LogP) is 10.6. The molecule has 0 N–H and O–H groups in total. The molecule has 4 rings (SSSR count). The van der Waals surface area contributed by atoms with Crippen molar-refractivity contribution in [1.82, 2.24) is 0 Å². The topological polar surface area (TPSA) is 52.6 Å². The van der Waals surface area contributed by atoms with E-state index >= 15 is 8.78 Å². The molecule has 1 aliphatic heterocycles. The minimum atomic E-state index is -8.93. The van der Waals surface area contributed by atoms with Gasteiger partial charge in [-0.05, 0) is 35.9 Å². The summed E-state index contributed by atoms with van der Waals surface area (Å²) in [7, 11) is -11.7. The van der Waals surface area contributed by atoms with Crippen LogP contribution in [0.25, 0.3) is 10.8 Å². The van der Waals surface area contributed by atoms with Crippen molar-refractivity contribution in [3.8, 4) is 5.75 Å². The van der Waals surface area contributed by atoms with E-state index in [0.717, 1.165) is 6.07 Å². The lowest BCUT2D eigenvalue weighted by molar-refractivity contribution is -0.458. The second-order valence-electron chi connectivity index (χ2n) is 11.3. The minimum absolute atomic E-state index is 0.0282. The zero-order chi connectivity index (χ0) is 39.6. The van der Waals surface area contributed by atoms with E-state index in [1.807, 2.05) is 0 Å². The van der Waals surface area contributed by atoms with Crippen LogP contribution < -0.4 is 4.74 Å². The van der Waals surface area contributed by atoms with Crippen molar-refractivity contribution < 1.29 is 91.4 Å². The van der Waals surface area contributed by atoms with E-state index in [9.17, 15) is 74.3 Å². The Morgan fingerprint density at radius 1 is 0.538 bits per heavy atom. The van der Waals surface area contributed by atoms with Crippen LogP contribution in [0.1, 0.15) is 18.4 Å². The zero-order valence-corrected chi connectivity index (χ0v) is 26.9. The number of fused-ring (bicyclic) bond motifs is 1. The molecule has 3 aromatic carbocycles. The fourth-order valence-corrected chi connectivity index (χ4v) is 10.9. The first-order chi connectivity index (χ1) is 23.5. The fraction of sp³-hybridized carbons (Fsp3) is 0.448. The molecule has 0 aromatic heterocycles. The molecule has 0 radical (unpaired) electrons. The first kappa shape index (κ1) is 41.5. The maximum Gasteiger partial charge on any atom is 0.460 e. The number of ether oxygens (including phenoxy) is 1. The maximum absolute atomic E-state index is 15.0. The molecule has 0 atom stereocenters. The summed E-state index contributed by atoms with van der Waals surface area (Å²) in [5, 5.41) is -7.65. The van der Waals surface area contributed by atoms with Crippen molar-refractivity contribution in [2.45, 2.75) is 71.3 Å². The van der Waals surface area contributed by atoms with Gasteiger partial charge in [-0.15, -0.1) is 0 Å². The molecule has 1 saturated heterocycles. The van der Waals surface area contributed by atoms with E-state index in [4.69, 9.17) is 4.74 Å². The summed E-state index contributed by atoms with van der Waals surface area (Å²) >= 11 is 0. The average molecular weight is 821 g/mol. The third-order valence-electron chi connectivity index (χ3n) is 7.91. The van der Waals surface area contributed by atoms with Crippen LogP contribution in [0.3, 0.4) is 0 Å². The van der Waals surface area contributed by atoms with Crippen molar-refractivity contribution in [1.29, 1.82) is 0 Å². The molecule has 0 spiro atoms. The van der Waals surface area contributed by atoms with Gasteiger partial charge in [-0.25, -0.2) is 3.63 Å². The van der Waals surface area contributed by atoms with Crippen LogP contribution in [-0.4, -0.2) is 66.9 Å². The molecule has 0 amide bonds. The molecule has 1 aliphatic rings. The standard InChI is InChI=1S/C29H21F17O4S2/c30-22(31,24(34,35)26(38,39)28(42,43)44)23(32,33)25(36,37)27(40,41)29(45,46)52(47,48)50-51(14-6-7-15-51)21-13-12-20(18-10-4-5-11-19(18)21)49-16-17-8-2-1-3-9-17/h1-5,8-13H,6-7,14-16H2. The molecule has 3 aromatic rings. The highest BCUT2D eigenvalue weighted by Crippen LogP contribution is 2.68. The Hall–Kier alpha value is -3.21. The summed E-state index contributed by atoms with van der Waals surface area (Å²) in [6.45, 7) is -0.0496. The van der Waals surface area contributed by atoms with Gasteiger partial charge >= 0.3 is 57.1 Å². The first-order valence-electron chi connectivity index (χ1n) is 14.1. The van der Waals surface area contributed by atoms with Gasteiger partial charge in [-0.2, -0.15) is 83.1 Å². The third-order valence-corrected chi connectivity index (χ3v) is 13.6. The molecular weight excluding hydrogens is 799 g/mol. The largest absolute Gasteiger partial charge is 0.488 e. The van der Waals surface area contributed by atoms with Crippen molar-refractivity contribution in [3.05, 3.63) is 72.3 Å². The summed E-state index contributed by atoms with van der Waals surface area (Å²) in [6, 6.07) is 16.0. The molecular formula is C29H21F17O4S2. The van der Waals surface area contributed by atoms with Crippen LogP contribution in [0, 0.1) is 0 Å². The summed E-state index contributed by atoms with van der Waals surface area (Å²) in [5.74, 6) is -53.2. The van der Waals surface area contributed by atoms with Crippen LogP contribution >= 0.6 is 10.3 Å². The highest BCUT2D eigenvalue weighted by atomic mass is 32.3. The quantitative estimate of drug-likeness (QED) is 0.161. The lowest BCUT2D eigenvalue weighted by Crippen LogP contribution is -2.75. The maximum atomic E-state index is 15.0. The van der Waals surface area contributed by atoms with Gasteiger partial charge in [0.25, 0.3) is 0 Å². The summed E-state index contributed by atoms with van der Waals surface area (Å²) in [6.07, 6.45) is -8.11. The molecule has 4 nitrogen and oxygen atoms in total.